The molecular weight excluding hydrogens is 286 g/mol. The highest BCUT2D eigenvalue weighted by molar-refractivity contribution is 5.75. The minimum absolute atomic E-state index is 0.313. The van der Waals surface area contributed by atoms with E-state index in [1.54, 1.807) is 0 Å². The molecule has 23 heavy (non-hydrogen) atoms. The SMILES string of the molecule is Cn1c(CN[C@H]2CCCOc3ccccc32)nc2ccccc21. The Labute approximate surface area is 136 Å². The molecule has 0 bridgehead atoms. The Kier molecular flexibility index (Phi) is 3.75. The fourth-order valence-electron chi connectivity index (χ4n) is 3.30. The summed E-state index contributed by atoms with van der Waals surface area (Å²) in [6.07, 6.45) is 2.15. The van der Waals surface area contributed by atoms with E-state index in [0.29, 0.717) is 6.04 Å². The number of nitrogens with one attached hydrogen (secondary N) is 1. The monoisotopic (exact) mass is 307 g/mol. The minimum Gasteiger partial charge on any atom is -0.493 e. The molecule has 3 aromatic rings. The Morgan fingerprint density at radius 1 is 1.17 bits per heavy atom. The van der Waals surface area contributed by atoms with E-state index in [4.69, 9.17) is 9.72 Å². The molecule has 1 N–H and O–H groups in total. The first-order valence-corrected chi connectivity index (χ1v) is 8.18. The predicted octanol–water partition coefficient (Wildman–Crippen LogP) is 3.58. The highest BCUT2D eigenvalue weighted by atomic mass is 16.5. The Morgan fingerprint density at radius 2 is 2.00 bits per heavy atom. The Morgan fingerprint density at radius 3 is 2.91 bits per heavy atom. The zero-order valence-corrected chi connectivity index (χ0v) is 13.3. The number of ether oxygens (including phenoxy) is 1. The summed E-state index contributed by atoms with van der Waals surface area (Å²) in [4.78, 5) is 4.75. The molecule has 0 radical (unpaired) electrons. The van der Waals surface area contributed by atoms with E-state index in [2.05, 4.69) is 53.3 Å². The lowest BCUT2D eigenvalue weighted by atomic mass is 10.0. The molecule has 0 spiro atoms. The Bertz CT molecular complexity index is 824. The summed E-state index contributed by atoms with van der Waals surface area (Å²) in [5.74, 6) is 2.07. The number of fused-ring (bicyclic) bond motifs is 2. The van der Waals surface area contributed by atoms with Gasteiger partial charge in [0.2, 0.25) is 0 Å². The smallest absolute Gasteiger partial charge is 0.124 e. The summed E-state index contributed by atoms with van der Waals surface area (Å²) in [5.41, 5.74) is 3.48. The van der Waals surface area contributed by atoms with Crippen LogP contribution in [-0.2, 0) is 13.6 Å². The standard InChI is InChI=1S/C19H21N3O/c1-22-17-10-4-3-8-16(17)21-19(22)13-20-15-9-6-12-23-18-11-5-2-7-14(15)18/h2-5,7-8,10-11,15,20H,6,9,12-13H2,1H3/t15-/m0/s1. The van der Waals surface area contributed by atoms with Crippen LogP contribution in [0.25, 0.3) is 11.0 Å². The van der Waals surface area contributed by atoms with Crippen LogP contribution in [-0.4, -0.2) is 16.2 Å². The predicted molar refractivity (Wildman–Crippen MR) is 91.5 cm³/mol. The van der Waals surface area contributed by atoms with Gasteiger partial charge in [-0.3, -0.25) is 0 Å². The zero-order valence-electron chi connectivity index (χ0n) is 13.3. The molecule has 0 saturated carbocycles. The molecule has 1 aliphatic heterocycles. The van der Waals surface area contributed by atoms with Crippen LogP contribution in [0, 0.1) is 0 Å². The lowest BCUT2D eigenvalue weighted by Crippen LogP contribution is -2.22. The largest absolute Gasteiger partial charge is 0.493 e. The van der Waals surface area contributed by atoms with Crippen molar-refractivity contribution in [2.45, 2.75) is 25.4 Å². The highest BCUT2D eigenvalue weighted by Gasteiger charge is 2.19. The molecule has 4 nitrogen and oxygen atoms in total. The van der Waals surface area contributed by atoms with Crippen LogP contribution in [0.15, 0.2) is 48.5 Å². The van der Waals surface area contributed by atoms with E-state index in [-0.39, 0.29) is 0 Å². The summed E-state index contributed by atoms with van der Waals surface area (Å²) in [5, 5.41) is 3.67. The molecule has 0 aliphatic carbocycles. The number of para-hydroxylation sites is 3. The van der Waals surface area contributed by atoms with E-state index in [1.807, 2.05) is 12.1 Å². The van der Waals surface area contributed by atoms with Crippen LogP contribution in [0.5, 0.6) is 5.75 Å². The molecule has 2 heterocycles. The number of nitrogens with zero attached hydrogens (tertiary/aromatic N) is 2. The number of aryl methyl sites for hydroxylation is 1. The molecule has 4 heteroatoms. The lowest BCUT2D eigenvalue weighted by molar-refractivity contribution is 0.315. The van der Waals surface area contributed by atoms with Crippen LogP contribution < -0.4 is 10.1 Å². The van der Waals surface area contributed by atoms with Crippen LogP contribution in [0.4, 0.5) is 0 Å². The van der Waals surface area contributed by atoms with Crippen LogP contribution in [0.1, 0.15) is 30.3 Å². The Balaban J connectivity index is 1.57. The van der Waals surface area contributed by atoms with Crippen molar-refractivity contribution in [3.8, 4) is 5.75 Å². The maximum atomic E-state index is 5.84. The molecule has 0 fully saturated rings. The highest BCUT2D eigenvalue weighted by Crippen LogP contribution is 2.31. The topological polar surface area (TPSA) is 39.1 Å². The molecule has 0 saturated heterocycles. The first kappa shape index (κ1) is 14.3. The summed E-state index contributed by atoms with van der Waals surface area (Å²) in [6, 6.07) is 16.9. The molecule has 1 atom stereocenters. The van der Waals surface area contributed by atoms with Gasteiger partial charge in [-0.05, 0) is 31.0 Å². The third-order valence-corrected chi connectivity index (χ3v) is 4.58. The number of hydrogen-bond donors (Lipinski definition) is 1. The maximum Gasteiger partial charge on any atom is 0.124 e. The molecule has 1 aliphatic rings. The minimum atomic E-state index is 0.313. The normalized spacial score (nSPS) is 17.5. The second kappa shape index (κ2) is 6.05. The number of rotatable bonds is 3. The van der Waals surface area contributed by atoms with Gasteiger partial charge in [-0.25, -0.2) is 4.98 Å². The van der Waals surface area contributed by atoms with Gasteiger partial charge in [0.15, 0.2) is 0 Å². The molecular formula is C19H21N3O. The van der Waals surface area contributed by atoms with Gasteiger partial charge in [0.1, 0.15) is 11.6 Å². The van der Waals surface area contributed by atoms with Crippen molar-refractivity contribution in [2.75, 3.05) is 6.61 Å². The summed E-state index contributed by atoms with van der Waals surface area (Å²) in [7, 11) is 2.08. The van der Waals surface area contributed by atoms with Crippen molar-refractivity contribution in [3.05, 3.63) is 59.9 Å². The van der Waals surface area contributed by atoms with E-state index in [9.17, 15) is 0 Å². The summed E-state index contributed by atoms with van der Waals surface area (Å²) in [6.45, 7) is 1.55. The average molecular weight is 307 g/mol. The van der Waals surface area contributed by atoms with Crippen molar-refractivity contribution >= 4 is 11.0 Å². The van der Waals surface area contributed by atoms with E-state index in [0.717, 1.165) is 43.1 Å². The van der Waals surface area contributed by atoms with Crippen LogP contribution in [0.3, 0.4) is 0 Å². The maximum absolute atomic E-state index is 5.84. The summed E-state index contributed by atoms with van der Waals surface area (Å²) < 4.78 is 8.01. The average Bonchev–Trinajstić information content (AvgIpc) is 2.78. The zero-order chi connectivity index (χ0) is 15.6. The molecule has 0 unspecified atom stereocenters. The van der Waals surface area contributed by atoms with Crippen LogP contribution >= 0.6 is 0 Å². The van der Waals surface area contributed by atoms with Gasteiger partial charge in [0, 0.05) is 18.7 Å². The number of imidazole rings is 1. The van der Waals surface area contributed by atoms with Crippen LogP contribution in [0.2, 0.25) is 0 Å². The van der Waals surface area contributed by atoms with Gasteiger partial charge >= 0.3 is 0 Å². The molecule has 2 aromatic carbocycles. The third kappa shape index (κ3) is 2.70. The summed E-state index contributed by atoms with van der Waals surface area (Å²) >= 11 is 0. The number of hydrogen-bond acceptors (Lipinski definition) is 3. The number of aromatic nitrogens is 2. The van der Waals surface area contributed by atoms with Crippen molar-refractivity contribution in [3.63, 3.8) is 0 Å². The molecule has 0 amide bonds. The van der Waals surface area contributed by atoms with Gasteiger partial charge in [-0.2, -0.15) is 0 Å². The quantitative estimate of drug-likeness (QED) is 0.804. The second-order valence-corrected chi connectivity index (χ2v) is 6.04. The first-order chi connectivity index (χ1) is 11.3. The Hall–Kier alpha value is -2.33. The molecule has 118 valence electrons. The van der Waals surface area contributed by atoms with Crippen molar-refractivity contribution in [2.24, 2.45) is 7.05 Å². The van der Waals surface area contributed by atoms with Gasteiger partial charge in [-0.1, -0.05) is 30.3 Å². The lowest BCUT2D eigenvalue weighted by Gasteiger charge is -2.18. The van der Waals surface area contributed by atoms with Crippen molar-refractivity contribution in [1.82, 2.24) is 14.9 Å². The third-order valence-electron chi connectivity index (χ3n) is 4.58. The van der Waals surface area contributed by atoms with Gasteiger partial charge in [0.25, 0.3) is 0 Å². The van der Waals surface area contributed by atoms with E-state index < -0.39 is 0 Å². The molecule has 4 rings (SSSR count). The number of benzene rings is 2. The first-order valence-electron chi connectivity index (χ1n) is 8.18. The second-order valence-electron chi connectivity index (χ2n) is 6.04. The fourth-order valence-corrected chi connectivity index (χ4v) is 3.30. The molecule has 1 aromatic heterocycles. The van der Waals surface area contributed by atoms with Gasteiger partial charge in [-0.15, -0.1) is 0 Å². The van der Waals surface area contributed by atoms with Gasteiger partial charge < -0.3 is 14.6 Å². The van der Waals surface area contributed by atoms with Crippen molar-refractivity contribution in [1.29, 1.82) is 0 Å². The van der Waals surface area contributed by atoms with Gasteiger partial charge in [0.05, 0.1) is 24.2 Å². The van der Waals surface area contributed by atoms with Crippen molar-refractivity contribution < 1.29 is 4.74 Å². The van der Waals surface area contributed by atoms with E-state index in [1.165, 1.54) is 11.1 Å². The fraction of sp³-hybridized carbons (Fsp3) is 0.316. The van der Waals surface area contributed by atoms with E-state index >= 15 is 0 Å².